The third kappa shape index (κ3) is 2.76. The van der Waals surface area contributed by atoms with Crippen molar-refractivity contribution in [3.05, 3.63) is 133 Å². The molecule has 0 radical (unpaired) electrons. The van der Waals surface area contributed by atoms with Crippen molar-refractivity contribution in [2.45, 2.75) is 19.6 Å². The molecule has 2 aromatic heterocycles. The first kappa shape index (κ1) is 25.0. The fourth-order valence-electron chi connectivity index (χ4n) is 9.70. The Balaban J connectivity index is 1.23. The molecule has 0 bridgehead atoms. The van der Waals surface area contributed by atoms with Crippen molar-refractivity contribution in [1.82, 2.24) is 8.96 Å². The zero-order valence-electron chi connectivity index (χ0n) is 25.6. The van der Waals surface area contributed by atoms with Crippen LogP contribution in [0.4, 0.5) is 0 Å². The topological polar surface area (TPSA) is 9.86 Å². The lowest BCUT2D eigenvalue weighted by Crippen LogP contribution is -2.58. The second-order valence-electron chi connectivity index (χ2n) is 13.5. The maximum atomic E-state index is 2.68. The summed E-state index contributed by atoms with van der Waals surface area (Å²) in [6.45, 7) is 0.212. The lowest BCUT2D eigenvalue weighted by Gasteiger charge is -2.39. The Morgan fingerprint density at radius 1 is 0.417 bits per heavy atom. The lowest BCUT2D eigenvalue weighted by molar-refractivity contribution is 1.25. The Morgan fingerprint density at radius 2 is 1.00 bits per heavy atom. The van der Waals surface area contributed by atoms with Crippen LogP contribution in [0.3, 0.4) is 0 Å². The van der Waals surface area contributed by atoms with E-state index < -0.39 is 0 Å². The summed E-state index contributed by atoms with van der Waals surface area (Å²) >= 11 is 3.96. The van der Waals surface area contributed by atoms with Crippen molar-refractivity contribution in [3.63, 3.8) is 0 Å². The maximum Gasteiger partial charge on any atom is 0.331 e. The van der Waals surface area contributed by atoms with Crippen molar-refractivity contribution in [3.8, 4) is 22.3 Å². The first-order valence-electron chi connectivity index (χ1n) is 16.7. The molecule has 218 valence electrons. The highest BCUT2D eigenvalue weighted by molar-refractivity contribution is 8.00. The Hall–Kier alpha value is -5.03. The van der Waals surface area contributed by atoms with Gasteiger partial charge >= 0.3 is 13.7 Å². The van der Waals surface area contributed by atoms with Gasteiger partial charge in [0.2, 0.25) is 0 Å². The van der Waals surface area contributed by atoms with E-state index in [2.05, 4.69) is 142 Å². The van der Waals surface area contributed by atoms with E-state index in [1.165, 1.54) is 107 Å². The van der Waals surface area contributed by atoms with Gasteiger partial charge in [0.05, 0.1) is 0 Å². The first-order chi connectivity index (χ1) is 23.8. The number of hydrogen-bond acceptors (Lipinski definition) is 2. The molecule has 0 N–H and O–H groups in total. The van der Waals surface area contributed by atoms with E-state index in [1.807, 2.05) is 23.5 Å². The fraction of sp³-hybridized carbons (Fsp3) is 0. The molecule has 0 saturated heterocycles. The molecule has 0 amide bonds. The van der Waals surface area contributed by atoms with Crippen LogP contribution >= 0.6 is 23.5 Å². The zero-order valence-corrected chi connectivity index (χ0v) is 27.2. The predicted molar refractivity (Wildman–Crippen MR) is 205 cm³/mol. The normalized spacial score (nSPS) is 14.4. The minimum Gasteiger partial charge on any atom is -0.375 e. The fourth-order valence-corrected chi connectivity index (χ4v) is 12.2. The molecule has 0 fully saturated rings. The lowest BCUT2D eigenvalue weighted by atomic mass is 9.44. The Kier molecular flexibility index (Phi) is 4.44. The molecule has 13 rings (SSSR count). The van der Waals surface area contributed by atoms with E-state index in [-0.39, 0.29) is 13.7 Å². The summed E-state index contributed by atoms with van der Waals surface area (Å²) in [5, 5.41) is 5.36. The summed E-state index contributed by atoms with van der Waals surface area (Å²) in [4.78, 5) is 5.54. The largest absolute Gasteiger partial charge is 0.375 e. The van der Waals surface area contributed by atoms with Crippen molar-refractivity contribution in [2.75, 3.05) is 0 Å². The van der Waals surface area contributed by atoms with Gasteiger partial charge in [-0.05, 0) is 57.2 Å². The average Bonchev–Trinajstić information content (AvgIpc) is 3.66. The number of rotatable bonds is 0. The predicted octanol–water partition coefficient (Wildman–Crippen LogP) is 8.10. The average molecular weight is 640 g/mol. The van der Waals surface area contributed by atoms with Gasteiger partial charge in [-0.2, -0.15) is 0 Å². The molecule has 0 unspecified atom stereocenters. The summed E-state index contributed by atoms with van der Waals surface area (Å²) in [6, 6.07) is 50.6. The van der Waals surface area contributed by atoms with Crippen LogP contribution in [0.1, 0.15) is 0 Å². The molecule has 0 atom stereocenters. The number of aromatic nitrogens is 2. The molecule has 4 aliphatic rings. The maximum absolute atomic E-state index is 2.68. The van der Waals surface area contributed by atoms with Crippen molar-refractivity contribution < 1.29 is 0 Å². The van der Waals surface area contributed by atoms with Crippen LogP contribution in [0.5, 0.6) is 0 Å². The molecule has 0 saturated carbocycles. The van der Waals surface area contributed by atoms with Crippen LogP contribution in [0.15, 0.2) is 153 Å². The van der Waals surface area contributed by atoms with Gasteiger partial charge in [-0.1, -0.05) is 133 Å². The highest BCUT2D eigenvalue weighted by Crippen LogP contribution is 2.49. The van der Waals surface area contributed by atoms with E-state index in [1.54, 1.807) is 0 Å². The minimum atomic E-state index is 0.0921. The molecule has 4 aliphatic heterocycles. The monoisotopic (exact) mass is 640 g/mol. The van der Waals surface area contributed by atoms with Gasteiger partial charge < -0.3 is 8.96 Å². The highest BCUT2D eigenvalue weighted by atomic mass is 32.2. The molecule has 7 aromatic carbocycles. The summed E-state index contributed by atoms with van der Waals surface area (Å²) in [6.07, 6.45) is 0. The Bertz CT molecular complexity index is 2990. The molecule has 0 spiro atoms. The minimum absolute atomic E-state index is 0.0921. The number of para-hydroxylation sites is 4. The first-order valence-corrected chi connectivity index (χ1v) is 18.3. The summed E-state index contributed by atoms with van der Waals surface area (Å²) < 4.78 is 5.35. The molecular weight excluding hydrogens is 618 g/mol. The molecule has 0 aliphatic carbocycles. The number of nitrogens with zero attached hydrogens (tertiary/aromatic N) is 2. The zero-order chi connectivity index (χ0) is 30.8. The van der Waals surface area contributed by atoms with Gasteiger partial charge in [0, 0.05) is 74.3 Å². The highest BCUT2D eigenvalue weighted by Gasteiger charge is 2.46. The van der Waals surface area contributed by atoms with Gasteiger partial charge in [-0.25, -0.2) is 0 Å². The van der Waals surface area contributed by atoms with Gasteiger partial charge in [-0.3, -0.25) is 0 Å². The molecule has 48 heavy (non-hydrogen) atoms. The molecule has 2 nitrogen and oxygen atoms in total. The van der Waals surface area contributed by atoms with E-state index >= 15 is 0 Å². The molecular formula is C42H22B2N2S2. The Morgan fingerprint density at radius 3 is 1.79 bits per heavy atom. The van der Waals surface area contributed by atoms with Gasteiger partial charge in [-0.15, -0.1) is 0 Å². The van der Waals surface area contributed by atoms with E-state index in [0.29, 0.717) is 0 Å². The third-order valence-electron chi connectivity index (χ3n) is 11.4. The van der Waals surface area contributed by atoms with Crippen molar-refractivity contribution in [1.29, 1.82) is 0 Å². The van der Waals surface area contributed by atoms with Crippen LogP contribution in [-0.2, 0) is 0 Å². The van der Waals surface area contributed by atoms with Crippen molar-refractivity contribution >= 4 is 103 Å². The Labute approximate surface area is 285 Å². The summed E-state index contributed by atoms with van der Waals surface area (Å²) in [5.41, 5.74) is 16.6. The second-order valence-corrected chi connectivity index (χ2v) is 15.7. The number of benzene rings is 7. The van der Waals surface area contributed by atoms with Gasteiger partial charge in [0.15, 0.2) is 0 Å². The van der Waals surface area contributed by atoms with E-state index in [9.17, 15) is 0 Å². The number of fused-ring (bicyclic) bond motifs is 15. The third-order valence-corrected chi connectivity index (χ3v) is 13.8. The van der Waals surface area contributed by atoms with Crippen LogP contribution < -0.4 is 21.9 Å². The molecule has 6 heterocycles. The SMILES string of the molecule is c1ccc2c(c1)Sc1cc3c(c4c1B2n1c2ccccc2c2cccc-4c21)Sc1cccc2c1B3n1c3ccccc3c3cccc-2c31. The standard InChI is InChI=1S/C42H22B2N2S2/c1-4-18-32-23(10-1)26-13-7-15-28-25-12-9-21-35-38(25)44(45(32)40(26)28)31-22-36-39-37(42(31)48-35)29-16-8-14-27-24-11-2-5-19-33(24)46(41(27)29)43(39)30-17-3-6-20-34(30)47-36/h1-22H. The van der Waals surface area contributed by atoms with Crippen LogP contribution in [-0.4, -0.2) is 22.7 Å². The second kappa shape index (κ2) is 8.51. The molecule has 6 heteroatoms. The molecule has 9 aromatic rings. The van der Waals surface area contributed by atoms with Gasteiger partial charge in [0.25, 0.3) is 0 Å². The smallest absolute Gasteiger partial charge is 0.331 e. The quantitative estimate of drug-likeness (QED) is 0.155. The van der Waals surface area contributed by atoms with Crippen LogP contribution in [0, 0.1) is 0 Å². The van der Waals surface area contributed by atoms with Crippen LogP contribution in [0.25, 0.3) is 65.9 Å². The summed E-state index contributed by atoms with van der Waals surface area (Å²) in [5.74, 6) is 0. The summed E-state index contributed by atoms with van der Waals surface area (Å²) in [7, 11) is 0. The van der Waals surface area contributed by atoms with Crippen LogP contribution in [0.2, 0.25) is 0 Å². The van der Waals surface area contributed by atoms with Crippen molar-refractivity contribution in [2.24, 2.45) is 0 Å². The number of hydrogen-bond donors (Lipinski definition) is 0. The van der Waals surface area contributed by atoms with E-state index in [0.717, 1.165) is 0 Å². The van der Waals surface area contributed by atoms with E-state index in [4.69, 9.17) is 0 Å². The van der Waals surface area contributed by atoms with Gasteiger partial charge in [0.1, 0.15) is 0 Å².